The van der Waals surface area contributed by atoms with Crippen molar-refractivity contribution in [2.24, 2.45) is 0 Å². The lowest BCUT2D eigenvalue weighted by Crippen LogP contribution is -1.80. The lowest BCUT2D eigenvalue weighted by molar-refractivity contribution is 0.628. The van der Waals surface area contributed by atoms with Gasteiger partial charge in [-0.1, -0.05) is 15.9 Å². The Morgan fingerprint density at radius 2 is 2.15 bits per heavy atom. The fraction of sp³-hybridized carbons (Fsp3) is 0.200. The van der Waals surface area contributed by atoms with Crippen LogP contribution in [0.25, 0.3) is 10.1 Å². The van der Waals surface area contributed by atoms with E-state index in [1.165, 1.54) is 9.58 Å². The van der Waals surface area contributed by atoms with E-state index in [1.54, 1.807) is 23.5 Å². The Balaban J connectivity index is 2.80. The minimum absolute atomic E-state index is 0.153. The van der Waals surface area contributed by atoms with Crippen molar-refractivity contribution in [2.45, 2.75) is 12.3 Å². The van der Waals surface area contributed by atoms with Gasteiger partial charge in [-0.15, -0.1) is 11.3 Å². The molecule has 0 nitrogen and oxygen atoms in total. The minimum Gasteiger partial charge on any atom is -0.207 e. The first-order chi connectivity index (χ1) is 6.20. The number of aryl methyl sites for hydroxylation is 1. The van der Waals surface area contributed by atoms with Crippen LogP contribution in [0.4, 0.5) is 4.39 Å². The average molecular weight is 259 g/mol. The molecule has 0 aliphatic heterocycles. The maximum absolute atomic E-state index is 13.1. The molecular weight excluding hydrogens is 251 g/mol. The molecule has 3 heteroatoms. The normalized spacial score (nSPS) is 11.0. The minimum atomic E-state index is -0.153. The standard InChI is InChI=1S/C10H8BrFS/c1-6-2-7-3-9(12)4-8(5-11)10(7)13-6/h2-4H,5H2,1H3. The molecule has 0 radical (unpaired) electrons. The van der Waals surface area contributed by atoms with Crippen LogP contribution in [0.3, 0.4) is 0 Å². The van der Waals surface area contributed by atoms with Crippen LogP contribution >= 0.6 is 27.3 Å². The van der Waals surface area contributed by atoms with E-state index in [9.17, 15) is 4.39 Å². The fourth-order valence-corrected chi connectivity index (χ4v) is 3.05. The van der Waals surface area contributed by atoms with Crippen LogP contribution in [0.1, 0.15) is 10.4 Å². The second kappa shape index (κ2) is 3.39. The van der Waals surface area contributed by atoms with Crippen LogP contribution in [-0.4, -0.2) is 0 Å². The molecule has 1 aromatic heterocycles. The zero-order valence-corrected chi connectivity index (χ0v) is 9.51. The maximum atomic E-state index is 13.1. The summed E-state index contributed by atoms with van der Waals surface area (Å²) >= 11 is 5.08. The number of thiophene rings is 1. The smallest absolute Gasteiger partial charge is 0.124 e. The summed E-state index contributed by atoms with van der Waals surface area (Å²) in [6.45, 7) is 2.04. The van der Waals surface area contributed by atoms with Gasteiger partial charge in [-0.2, -0.15) is 0 Å². The molecule has 0 spiro atoms. The summed E-state index contributed by atoms with van der Waals surface area (Å²) in [7, 11) is 0. The highest BCUT2D eigenvalue weighted by molar-refractivity contribution is 9.08. The first-order valence-electron chi connectivity index (χ1n) is 3.95. The predicted molar refractivity (Wildman–Crippen MR) is 59.2 cm³/mol. The molecule has 0 saturated carbocycles. The molecule has 0 saturated heterocycles. The molecule has 2 rings (SSSR count). The summed E-state index contributed by atoms with van der Waals surface area (Å²) in [6.07, 6.45) is 0. The van der Waals surface area contributed by atoms with Crippen molar-refractivity contribution >= 4 is 37.4 Å². The summed E-state index contributed by atoms with van der Waals surface area (Å²) in [6, 6.07) is 5.20. The molecule has 1 heterocycles. The van der Waals surface area contributed by atoms with Gasteiger partial charge in [-0.05, 0) is 36.1 Å². The van der Waals surface area contributed by atoms with E-state index in [2.05, 4.69) is 15.9 Å². The van der Waals surface area contributed by atoms with E-state index >= 15 is 0 Å². The van der Waals surface area contributed by atoms with E-state index in [0.29, 0.717) is 5.33 Å². The van der Waals surface area contributed by atoms with Gasteiger partial charge in [0.05, 0.1) is 0 Å². The van der Waals surface area contributed by atoms with Crippen LogP contribution < -0.4 is 0 Å². The fourth-order valence-electron chi connectivity index (χ4n) is 1.41. The van der Waals surface area contributed by atoms with Crippen molar-refractivity contribution in [2.75, 3.05) is 0 Å². The van der Waals surface area contributed by atoms with Crippen molar-refractivity contribution < 1.29 is 4.39 Å². The zero-order valence-electron chi connectivity index (χ0n) is 7.10. The Bertz CT molecular complexity index is 447. The number of fused-ring (bicyclic) bond motifs is 1. The molecule has 0 N–H and O–H groups in total. The van der Waals surface area contributed by atoms with E-state index in [4.69, 9.17) is 0 Å². The molecule has 68 valence electrons. The Labute approximate surface area is 88.5 Å². The number of hydrogen-bond donors (Lipinski definition) is 0. The van der Waals surface area contributed by atoms with Crippen molar-refractivity contribution in [3.8, 4) is 0 Å². The van der Waals surface area contributed by atoms with Gasteiger partial charge in [-0.25, -0.2) is 4.39 Å². The molecular formula is C10H8BrFS. The van der Waals surface area contributed by atoms with Gasteiger partial charge >= 0.3 is 0 Å². The average Bonchev–Trinajstić information content (AvgIpc) is 2.43. The lowest BCUT2D eigenvalue weighted by Gasteiger charge is -1.97. The van der Waals surface area contributed by atoms with E-state index in [1.807, 2.05) is 13.0 Å². The van der Waals surface area contributed by atoms with Gasteiger partial charge in [-0.3, -0.25) is 0 Å². The van der Waals surface area contributed by atoms with Gasteiger partial charge in [0.15, 0.2) is 0 Å². The second-order valence-corrected chi connectivity index (χ2v) is 4.79. The summed E-state index contributed by atoms with van der Waals surface area (Å²) in [4.78, 5) is 1.22. The quantitative estimate of drug-likeness (QED) is 0.672. The second-order valence-electron chi connectivity index (χ2n) is 2.97. The van der Waals surface area contributed by atoms with E-state index in [-0.39, 0.29) is 5.82 Å². The van der Waals surface area contributed by atoms with Crippen molar-refractivity contribution in [1.82, 2.24) is 0 Å². The molecule has 2 aromatic rings. The predicted octanol–water partition coefficient (Wildman–Crippen LogP) is 4.24. The van der Waals surface area contributed by atoms with Crippen molar-refractivity contribution in [3.05, 3.63) is 34.5 Å². The summed E-state index contributed by atoms with van der Waals surface area (Å²) in [5, 5.41) is 1.72. The highest BCUT2D eigenvalue weighted by Crippen LogP contribution is 2.30. The molecule has 0 fully saturated rings. The third kappa shape index (κ3) is 1.63. The maximum Gasteiger partial charge on any atom is 0.124 e. The Hall–Kier alpha value is -0.410. The van der Waals surface area contributed by atoms with Gasteiger partial charge in [0.1, 0.15) is 5.82 Å². The molecule has 1 aromatic carbocycles. The largest absolute Gasteiger partial charge is 0.207 e. The molecule has 0 aliphatic carbocycles. The van der Waals surface area contributed by atoms with Crippen molar-refractivity contribution in [3.63, 3.8) is 0 Å². The summed E-state index contributed by atoms with van der Waals surface area (Å²) in [5.74, 6) is -0.153. The van der Waals surface area contributed by atoms with Crippen LogP contribution in [0.2, 0.25) is 0 Å². The third-order valence-electron chi connectivity index (χ3n) is 1.93. The van der Waals surface area contributed by atoms with Crippen LogP contribution in [0.15, 0.2) is 18.2 Å². The third-order valence-corrected chi connectivity index (χ3v) is 3.67. The topological polar surface area (TPSA) is 0 Å². The SMILES string of the molecule is Cc1cc2cc(F)cc(CBr)c2s1. The van der Waals surface area contributed by atoms with Gasteiger partial charge in [0.25, 0.3) is 0 Å². The molecule has 0 bridgehead atoms. The van der Waals surface area contributed by atoms with Gasteiger partial charge in [0.2, 0.25) is 0 Å². The zero-order chi connectivity index (χ0) is 9.42. The molecule has 0 amide bonds. The number of alkyl halides is 1. The first kappa shape index (κ1) is 9.16. The van der Waals surface area contributed by atoms with Crippen LogP contribution in [-0.2, 0) is 5.33 Å². The van der Waals surface area contributed by atoms with E-state index < -0.39 is 0 Å². The lowest BCUT2D eigenvalue weighted by atomic mass is 10.2. The molecule has 13 heavy (non-hydrogen) atoms. The summed E-state index contributed by atoms with van der Waals surface area (Å²) < 4.78 is 14.3. The molecule has 0 atom stereocenters. The monoisotopic (exact) mass is 258 g/mol. The summed E-state index contributed by atoms with van der Waals surface area (Å²) in [5.41, 5.74) is 1.04. The first-order valence-corrected chi connectivity index (χ1v) is 5.89. The van der Waals surface area contributed by atoms with Crippen LogP contribution in [0, 0.1) is 12.7 Å². The van der Waals surface area contributed by atoms with Crippen LogP contribution in [0.5, 0.6) is 0 Å². The highest BCUT2D eigenvalue weighted by Gasteiger charge is 2.05. The van der Waals surface area contributed by atoms with Gasteiger partial charge in [0, 0.05) is 14.9 Å². The Morgan fingerprint density at radius 3 is 2.85 bits per heavy atom. The molecule has 0 aliphatic rings. The van der Waals surface area contributed by atoms with Gasteiger partial charge < -0.3 is 0 Å². The molecule has 0 unspecified atom stereocenters. The number of halogens is 2. The number of rotatable bonds is 1. The number of benzene rings is 1. The Kier molecular flexibility index (Phi) is 2.39. The van der Waals surface area contributed by atoms with Crippen molar-refractivity contribution in [1.29, 1.82) is 0 Å². The number of hydrogen-bond acceptors (Lipinski definition) is 1. The van der Waals surface area contributed by atoms with E-state index in [0.717, 1.165) is 10.9 Å². The Morgan fingerprint density at radius 1 is 1.38 bits per heavy atom. The highest BCUT2D eigenvalue weighted by atomic mass is 79.9.